The minimum Gasteiger partial charge on any atom is -0.361 e. The summed E-state index contributed by atoms with van der Waals surface area (Å²) in [6.07, 6.45) is 9.66. The van der Waals surface area contributed by atoms with Crippen LogP contribution in [-0.2, 0) is 11.3 Å². The maximum absolute atomic E-state index is 12.4. The summed E-state index contributed by atoms with van der Waals surface area (Å²) in [5.41, 5.74) is 1.82. The Kier molecular flexibility index (Phi) is 4.16. The van der Waals surface area contributed by atoms with Crippen molar-refractivity contribution in [2.75, 3.05) is 7.05 Å². The molecule has 1 aromatic carbocycles. The van der Waals surface area contributed by atoms with Crippen LogP contribution in [0, 0.1) is 12.3 Å². The van der Waals surface area contributed by atoms with E-state index in [1.54, 1.807) is 4.90 Å². The number of carbonyl (C=O) groups is 1. The number of para-hydroxylation sites is 1. The highest BCUT2D eigenvalue weighted by Gasteiger charge is 2.39. The number of carbonyl (C=O) groups excluding carboxylic acids is 1. The van der Waals surface area contributed by atoms with Gasteiger partial charge in [0.1, 0.15) is 0 Å². The van der Waals surface area contributed by atoms with Crippen LogP contribution in [0.15, 0.2) is 40.7 Å². The molecule has 0 radical (unpaired) electrons. The Balaban J connectivity index is 1.56. The third kappa shape index (κ3) is 3.42. The zero-order chi connectivity index (χ0) is 16.3. The lowest BCUT2D eigenvalue weighted by Gasteiger charge is -2.18. The lowest BCUT2D eigenvalue weighted by atomic mass is 10.0. The average molecular weight is 308 g/mol. The highest BCUT2D eigenvalue weighted by atomic mass is 16.2. The largest absolute Gasteiger partial charge is 0.361 e. The van der Waals surface area contributed by atoms with Crippen molar-refractivity contribution in [1.82, 2.24) is 9.88 Å². The smallest absolute Gasteiger partial charge is 0.222 e. The van der Waals surface area contributed by atoms with Crippen LogP contribution < -0.4 is 0 Å². The number of rotatable bonds is 7. The van der Waals surface area contributed by atoms with Crippen molar-refractivity contribution < 1.29 is 4.79 Å². The monoisotopic (exact) mass is 308 g/mol. The minimum atomic E-state index is -0.387. The summed E-state index contributed by atoms with van der Waals surface area (Å²) >= 11 is 0. The molecule has 0 saturated heterocycles. The van der Waals surface area contributed by atoms with E-state index < -0.39 is 0 Å². The number of H-pyrrole nitrogens is 1. The van der Waals surface area contributed by atoms with Crippen molar-refractivity contribution >= 4 is 16.8 Å². The average Bonchev–Trinajstić information content (AvgIpc) is 3.16. The fourth-order valence-electron chi connectivity index (χ4n) is 2.79. The fraction of sp³-hybridized carbons (Fsp3) is 0.389. The molecule has 0 saturated carbocycles. The Labute approximate surface area is 135 Å². The molecule has 1 aliphatic rings. The first-order valence-corrected chi connectivity index (χ1v) is 7.80. The first-order valence-electron chi connectivity index (χ1n) is 7.80. The number of terminal acetylenes is 1. The first kappa shape index (κ1) is 15.3. The molecule has 1 amide bonds. The van der Waals surface area contributed by atoms with E-state index in [4.69, 9.17) is 6.42 Å². The van der Waals surface area contributed by atoms with Crippen molar-refractivity contribution in [2.45, 2.75) is 37.9 Å². The summed E-state index contributed by atoms with van der Waals surface area (Å²) in [5, 5.41) is 9.31. The lowest BCUT2D eigenvalue weighted by molar-refractivity contribution is -0.130. The van der Waals surface area contributed by atoms with Crippen LogP contribution in [0.25, 0.3) is 10.9 Å². The Morgan fingerprint density at radius 3 is 2.91 bits per heavy atom. The van der Waals surface area contributed by atoms with Crippen LogP contribution in [-0.4, -0.2) is 28.5 Å². The second-order valence-corrected chi connectivity index (χ2v) is 6.00. The molecule has 1 N–H and O–H groups in total. The second-order valence-electron chi connectivity index (χ2n) is 6.00. The van der Waals surface area contributed by atoms with Gasteiger partial charge in [-0.2, -0.15) is 10.2 Å². The van der Waals surface area contributed by atoms with Gasteiger partial charge >= 0.3 is 0 Å². The summed E-state index contributed by atoms with van der Waals surface area (Å²) in [6.45, 7) is 0.586. The quantitative estimate of drug-likeness (QED) is 0.782. The number of nitrogens with zero attached hydrogens (tertiary/aromatic N) is 3. The minimum absolute atomic E-state index is 0.103. The van der Waals surface area contributed by atoms with Gasteiger partial charge in [-0.05, 0) is 17.0 Å². The summed E-state index contributed by atoms with van der Waals surface area (Å²) in [5.74, 6) is 2.71. The lowest BCUT2D eigenvalue weighted by Crippen LogP contribution is -2.27. The topological polar surface area (TPSA) is 60.8 Å². The number of benzene rings is 1. The second kappa shape index (κ2) is 6.25. The molecule has 1 aliphatic heterocycles. The molecule has 2 heterocycles. The maximum Gasteiger partial charge on any atom is 0.222 e. The van der Waals surface area contributed by atoms with Gasteiger partial charge in [0.2, 0.25) is 5.91 Å². The van der Waals surface area contributed by atoms with Gasteiger partial charge in [-0.3, -0.25) is 4.79 Å². The van der Waals surface area contributed by atoms with Gasteiger partial charge < -0.3 is 9.88 Å². The van der Waals surface area contributed by atoms with Gasteiger partial charge in [-0.25, -0.2) is 0 Å². The number of aromatic amines is 1. The molecule has 0 bridgehead atoms. The van der Waals surface area contributed by atoms with Gasteiger partial charge in [0, 0.05) is 45.5 Å². The molecule has 0 spiro atoms. The van der Waals surface area contributed by atoms with E-state index in [9.17, 15) is 4.79 Å². The molecule has 5 heteroatoms. The number of aromatic nitrogens is 1. The summed E-state index contributed by atoms with van der Waals surface area (Å²) in [6, 6.07) is 8.15. The van der Waals surface area contributed by atoms with Gasteiger partial charge in [-0.1, -0.05) is 18.2 Å². The van der Waals surface area contributed by atoms with Crippen molar-refractivity contribution in [3.05, 3.63) is 36.0 Å². The summed E-state index contributed by atoms with van der Waals surface area (Å²) < 4.78 is 0. The van der Waals surface area contributed by atoms with Gasteiger partial charge in [-0.15, -0.1) is 12.3 Å². The number of fused-ring (bicyclic) bond motifs is 1. The van der Waals surface area contributed by atoms with E-state index in [0.717, 1.165) is 22.9 Å². The Morgan fingerprint density at radius 1 is 1.35 bits per heavy atom. The molecule has 2 aromatic rings. The summed E-state index contributed by atoms with van der Waals surface area (Å²) in [4.78, 5) is 17.4. The SMILES string of the molecule is C#CCCC1(CCC(=O)N(C)Cc2cccc3cc[nH]c23)N=N1. The van der Waals surface area contributed by atoms with Crippen molar-refractivity contribution in [1.29, 1.82) is 0 Å². The molecule has 23 heavy (non-hydrogen) atoms. The molecule has 0 fully saturated rings. The van der Waals surface area contributed by atoms with Crippen LogP contribution in [0.5, 0.6) is 0 Å². The first-order chi connectivity index (χ1) is 11.1. The highest BCUT2D eigenvalue weighted by molar-refractivity contribution is 5.83. The molecule has 5 nitrogen and oxygen atoms in total. The van der Waals surface area contributed by atoms with Crippen LogP contribution in [0.3, 0.4) is 0 Å². The Bertz CT molecular complexity index is 778. The molecule has 0 atom stereocenters. The molecule has 3 rings (SSSR count). The standard InChI is InChI=1S/C18H20N4O/c1-3-4-10-18(20-21-18)11-8-16(23)22(2)13-15-7-5-6-14-9-12-19-17(14)15/h1,5-7,9,12,19H,4,8,10-11,13H2,2H3. The molecular weight excluding hydrogens is 288 g/mol. The number of nitrogens with one attached hydrogen (secondary N) is 1. The van der Waals surface area contributed by atoms with Crippen LogP contribution in [0.4, 0.5) is 0 Å². The van der Waals surface area contributed by atoms with Crippen molar-refractivity contribution in [3.8, 4) is 12.3 Å². The molecule has 118 valence electrons. The molecule has 1 aromatic heterocycles. The predicted octanol–water partition coefficient (Wildman–Crippen LogP) is 3.48. The van der Waals surface area contributed by atoms with Crippen LogP contribution in [0.2, 0.25) is 0 Å². The van der Waals surface area contributed by atoms with E-state index >= 15 is 0 Å². The Hall–Kier alpha value is -2.61. The maximum atomic E-state index is 12.4. The third-order valence-corrected chi connectivity index (χ3v) is 4.30. The summed E-state index contributed by atoms with van der Waals surface area (Å²) in [7, 11) is 1.83. The number of hydrogen-bond donors (Lipinski definition) is 1. The predicted molar refractivity (Wildman–Crippen MR) is 89.7 cm³/mol. The van der Waals surface area contributed by atoms with E-state index in [-0.39, 0.29) is 11.6 Å². The number of hydrogen-bond acceptors (Lipinski definition) is 3. The molecule has 0 aliphatic carbocycles. The van der Waals surface area contributed by atoms with E-state index in [1.807, 2.05) is 31.4 Å². The molecular formula is C18H20N4O. The van der Waals surface area contributed by atoms with Gasteiger partial charge in [0.15, 0.2) is 5.66 Å². The van der Waals surface area contributed by atoms with Crippen molar-refractivity contribution in [3.63, 3.8) is 0 Å². The van der Waals surface area contributed by atoms with E-state index in [2.05, 4.69) is 27.2 Å². The van der Waals surface area contributed by atoms with Crippen molar-refractivity contribution in [2.24, 2.45) is 10.2 Å². The van der Waals surface area contributed by atoms with Crippen LogP contribution in [0.1, 0.15) is 31.2 Å². The Morgan fingerprint density at radius 2 is 2.17 bits per heavy atom. The van der Waals surface area contributed by atoms with Crippen LogP contribution >= 0.6 is 0 Å². The third-order valence-electron chi connectivity index (χ3n) is 4.30. The highest BCUT2D eigenvalue weighted by Crippen LogP contribution is 2.37. The zero-order valence-corrected chi connectivity index (χ0v) is 13.2. The normalized spacial score (nSPS) is 14.6. The number of amides is 1. The van der Waals surface area contributed by atoms with E-state index in [0.29, 0.717) is 25.8 Å². The molecule has 0 unspecified atom stereocenters. The van der Waals surface area contributed by atoms with Gasteiger partial charge in [0.25, 0.3) is 0 Å². The zero-order valence-electron chi connectivity index (χ0n) is 13.2. The van der Waals surface area contributed by atoms with E-state index in [1.165, 1.54) is 0 Å². The fourth-order valence-corrected chi connectivity index (χ4v) is 2.79. The van der Waals surface area contributed by atoms with Gasteiger partial charge in [0.05, 0.1) is 5.52 Å².